The van der Waals surface area contributed by atoms with Gasteiger partial charge in [0.25, 0.3) is 5.91 Å². The molecule has 7 heteroatoms. The lowest BCUT2D eigenvalue weighted by molar-refractivity contribution is 0.0936. The third-order valence-corrected chi connectivity index (χ3v) is 6.68. The second-order valence-corrected chi connectivity index (χ2v) is 9.33. The van der Waals surface area contributed by atoms with Gasteiger partial charge in [-0.2, -0.15) is 0 Å². The van der Waals surface area contributed by atoms with Crippen molar-refractivity contribution >= 4 is 15.7 Å². The third-order valence-electron chi connectivity index (χ3n) is 4.47. The summed E-state index contributed by atoms with van der Waals surface area (Å²) >= 11 is 0. The molecule has 1 N–H and O–H groups in total. The average molecular weight is 420 g/mol. The van der Waals surface area contributed by atoms with E-state index in [0.29, 0.717) is 24.7 Å². The van der Waals surface area contributed by atoms with Gasteiger partial charge >= 0.3 is 0 Å². The maximum Gasteiger partial charge on any atom is 0.253 e. The van der Waals surface area contributed by atoms with Gasteiger partial charge in [0.2, 0.25) is 0 Å². The Morgan fingerprint density at radius 1 is 0.966 bits per heavy atom. The number of carbonyl (C=O) groups is 1. The first kappa shape index (κ1) is 22.7. The van der Waals surface area contributed by atoms with Crippen LogP contribution in [0.25, 0.3) is 0 Å². The summed E-state index contributed by atoms with van der Waals surface area (Å²) in [6.07, 6.45) is 0. The van der Waals surface area contributed by atoms with E-state index in [4.69, 9.17) is 9.47 Å². The maximum absolute atomic E-state index is 12.9. The summed E-state index contributed by atoms with van der Waals surface area (Å²) in [5.41, 5.74) is 0.971. The fourth-order valence-corrected chi connectivity index (χ4v) is 4.09. The molecule has 0 aliphatic carbocycles. The fraction of sp³-hybridized carbons (Fsp3) is 0.409. The molecule has 0 saturated heterocycles. The van der Waals surface area contributed by atoms with Crippen LogP contribution >= 0.6 is 0 Å². The molecule has 6 nitrogen and oxygen atoms in total. The quantitative estimate of drug-likeness (QED) is 0.660. The molecule has 29 heavy (non-hydrogen) atoms. The monoisotopic (exact) mass is 419 g/mol. The lowest BCUT2D eigenvalue weighted by atomic mass is 10.1. The molecule has 0 aromatic heterocycles. The normalized spacial score (nSPS) is 12.5. The summed E-state index contributed by atoms with van der Waals surface area (Å²) < 4.78 is 36.5. The number of nitrogens with one attached hydrogen (secondary N) is 1. The molecular weight excluding hydrogens is 390 g/mol. The highest BCUT2D eigenvalue weighted by Crippen LogP contribution is 2.31. The first-order chi connectivity index (χ1) is 13.7. The number of carbonyl (C=O) groups excluding carboxylic acids is 1. The van der Waals surface area contributed by atoms with E-state index in [0.717, 1.165) is 5.56 Å². The van der Waals surface area contributed by atoms with Crippen molar-refractivity contribution < 1.29 is 22.7 Å². The summed E-state index contributed by atoms with van der Waals surface area (Å²) in [4.78, 5) is 12.9. The van der Waals surface area contributed by atoms with Crippen LogP contribution in [0.3, 0.4) is 0 Å². The van der Waals surface area contributed by atoms with E-state index in [2.05, 4.69) is 5.32 Å². The molecule has 0 spiro atoms. The third kappa shape index (κ3) is 5.29. The first-order valence-corrected chi connectivity index (χ1v) is 11.3. The van der Waals surface area contributed by atoms with Crippen LogP contribution in [0.2, 0.25) is 0 Å². The largest absolute Gasteiger partial charge is 0.490 e. The predicted octanol–water partition coefficient (Wildman–Crippen LogP) is 4.16. The molecule has 158 valence electrons. The van der Waals surface area contributed by atoms with E-state index >= 15 is 0 Å². The van der Waals surface area contributed by atoms with Crippen molar-refractivity contribution in [3.8, 4) is 11.5 Å². The molecule has 0 heterocycles. The minimum absolute atomic E-state index is 0.0430. The topological polar surface area (TPSA) is 81.7 Å². The van der Waals surface area contributed by atoms with Crippen LogP contribution < -0.4 is 14.8 Å². The van der Waals surface area contributed by atoms with Crippen LogP contribution in [0.1, 0.15) is 56.6 Å². The van der Waals surface area contributed by atoms with Crippen molar-refractivity contribution in [1.82, 2.24) is 5.32 Å². The summed E-state index contributed by atoms with van der Waals surface area (Å²) in [6.45, 7) is 9.83. The second kappa shape index (κ2) is 9.78. The van der Waals surface area contributed by atoms with E-state index in [9.17, 15) is 13.2 Å². The van der Waals surface area contributed by atoms with Gasteiger partial charge < -0.3 is 14.8 Å². The van der Waals surface area contributed by atoms with Crippen LogP contribution in [0.15, 0.2) is 47.4 Å². The van der Waals surface area contributed by atoms with Gasteiger partial charge in [-0.1, -0.05) is 18.2 Å². The van der Waals surface area contributed by atoms with Crippen molar-refractivity contribution in [2.24, 2.45) is 0 Å². The minimum Gasteiger partial charge on any atom is -0.490 e. The highest BCUT2D eigenvalue weighted by Gasteiger charge is 2.26. The van der Waals surface area contributed by atoms with Crippen molar-refractivity contribution in [2.45, 2.75) is 50.8 Å². The first-order valence-electron chi connectivity index (χ1n) is 9.75. The molecule has 0 fully saturated rings. The van der Waals surface area contributed by atoms with Crippen LogP contribution in [0.4, 0.5) is 0 Å². The molecule has 0 bridgehead atoms. The summed E-state index contributed by atoms with van der Waals surface area (Å²) in [6, 6.07) is 11.4. The molecule has 0 saturated carbocycles. The summed E-state index contributed by atoms with van der Waals surface area (Å²) in [5.74, 6) is 0.810. The molecule has 2 aromatic rings. The van der Waals surface area contributed by atoms with Crippen LogP contribution in [0.5, 0.6) is 11.5 Å². The Bertz CT molecular complexity index is 953. The van der Waals surface area contributed by atoms with Gasteiger partial charge in [-0.3, -0.25) is 4.79 Å². The molecule has 1 unspecified atom stereocenters. The molecule has 1 atom stereocenters. The van der Waals surface area contributed by atoms with Crippen molar-refractivity contribution in [2.75, 3.05) is 13.2 Å². The SMILES string of the molecule is CCOc1ccc(C(C)NC(=O)c2ccccc2S(=O)(=O)C(C)C)cc1OCC. The molecule has 2 aromatic carbocycles. The second-order valence-electron chi connectivity index (χ2n) is 6.86. The highest BCUT2D eigenvalue weighted by molar-refractivity contribution is 7.92. The number of hydrogen-bond acceptors (Lipinski definition) is 5. The summed E-state index contributed by atoms with van der Waals surface area (Å²) in [7, 11) is -3.58. The maximum atomic E-state index is 12.9. The zero-order valence-corrected chi connectivity index (χ0v) is 18.4. The van der Waals surface area contributed by atoms with Crippen molar-refractivity contribution in [1.29, 1.82) is 0 Å². The molecule has 0 aliphatic rings. The molecule has 0 aliphatic heterocycles. The number of sulfone groups is 1. The van der Waals surface area contributed by atoms with E-state index in [1.807, 2.05) is 39.0 Å². The number of hydrogen-bond donors (Lipinski definition) is 1. The number of ether oxygens (including phenoxy) is 2. The Balaban J connectivity index is 2.30. The molecule has 1 amide bonds. The predicted molar refractivity (Wildman–Crippen MR) is 113 cm³/mol. The molecular formula is C22H29NO5S. The average Bonchev–Trinajstić information content (AvgIpc) is 2.69. The smallest absolute Gasteiger partial charge is 0.253 e. The Labute approximate surface area is 173 Å². The van der Waals surface area contributed by atoms with Gasteiger partial charge in [0.1, 0.15) is 0 Å². The van der Waals surface area contributed by atoms with Crippen molar-refractivity contribution in [3.05, 3.63) is 53.6 Å². The van der Waals surface area contributed by atoms with E-state index in [1.54, 1.807) is 26.0 Å². The zero-order chi connectivity index (χ0) is 21.6. The highest BCUT2D eigenvalue weighted by atomic mass is 32.2. The van der Waals surface area contributed by atoms with Gasteiger partial charge in [0.05, 0.1) is 35.0 Å². The van der Waals surface area contributed by atoms with Crippen LogP contribution in [-0.4, -0.2) is 32.8 Å². The standard InChI is InChI=1S/C22H29NO5S/c1-6-27-19-13-12-17(14-20(19)28-7-2)16(5)23-22(24)18-10-8-9-11-21(18)29(25,26)15(3)4/h8-16H,6-7H2,1-5H3,(H,23,24). The van der Waals surface area contributed by atoms with Gasteiger partial charge in [0.15, 0.2) is 21.3 Å². The van der Waals surface area contributed by atoms with Crippen LogP contribution in [-0.2, 0) is 9.84 Å². The van der Waals surface area contributed by atoms with E-state index < -0.39 is 21.0 Å². The number of amides is 1. The van der Waals surface area contributed by atoms with Gasteiger partial charge in [-0.25, -0.2) is 8.42 Å². The molecule has 0 radical (unpaired) electrons. The number of benzene rings is 2. The van der Waals surface area contributed by atoms with E-state index in [1.165, 1.54) is 12.1 Å². The summed E-state index contributed by atoms with van der Waals surface area (Å²) in [5, 5.41) is 2.27. The van der Waals surface area contributed by atoms with Gasteiger partial charge in [-0.15, -0.1) is 0 Å². The number of rotatable bonds is 9. The van der Waals surface area contributed by atoms with Crippen LogP contribution in [0, 0.1) is 0 Å². The lowest BCUT2D eigenvalue weighted by Gasteiger charge is -2.19. The Morgan fingerprint density at radius 3 is 2.21 bits per heavy atom. The van der Waals surface area contributed by atoms with Gasteiger partial charge in [0, 0.05) is 0 Å². The van der Waals surface area contributed by atoms with Gasteiger partial charge in [-0.05, 0) is 64.4 Å². The minimum atomic E-state index is -3.58. The Morgan fingerprint density at radius 2 is 1.59 bits per heavy atom. The molecule has 2 rings (SSSR count). The van der Waals surface area contributed by atoms with Crippen molar-refractivity contribution in [3.63, 3.8) is 0 Å². The lowest BCUT2D eigenvalue weighted by Crippen LogP contribution is -2.29. The fourth-order valence-electron chi connectivity index (χ4n) is 2.85. The Hall–Kier alpha value is -2.54. The zero-order valence-electron chi connectivity index (χ0n) is 17.6. The van der Waals surface area contributed by atoms with E-state index in [-0.39, 0.29) is 16.5 Å². The Kier molecular flexibility index (Phi) is 7.67.